The van der Waals surface area contributed by atoms with E-state index >= 15 is 0 Å². The summed E-state index contributed by atoms with van der Waals surface area (Å²) in [5.74, 6) is -2.36. The van der Waals surface area contributed by atoms with Crippen LogP contribution in [0.4, 0.5) is 0 Å². The largest absolute Gasteiger partial charge is 0.491 e. The molecule has 0 N–H and O–H groups in total. The lowest BCUT2D eigenvalue weighted by Crippen LogP contribution is -2.16. The number of fused-ring (bicyclic) bond motifs is 1. The Hall–Kier alpha value is -3.54. The monoisotopic (exact) mass is 388 g/mol. The van der Waals surface area contributed by atoms with Crippen LogP contribution in [0.2, 0.25) is 0 Å². The third-order valence-electron chi connectivity index (χ3n) is 4.09. The fraction of sp³-hybridized carbons (Fsp3) is 0.368. The second-order valence-corrected chi connectivity index (χ2v) is 5.55. The van der Waals surface area contributed by atoms with Gasteiger partial charge >= 0.3 is 17.9 Å². The molecule has 0 radical (unpaired) electrons. The minimum Gasteiger partial charge on any atom is -0.491 e. The van der Waals surface area contributed by atoms with Crippen LogP contribution in [0.3, 0.4) is 0 Å². The average Bonchev–Trinajstić information content (AvgIpc) is 2.97. The highest BCUT2D eigenvalue weighted by atomic mass is 16.5. The molecular weight excluding hydrogens is 368 g/mol. The van der Waals surface area contributed by atoms with Crippen molar-refractivity contribution in [1.29, 1.82) is 5.26 Å². The maximum absolute atomic E-state index is 12.6. The summed E-state index contributed by atoms with van der Waals surface area (Å²) in [6.45, 7) is 5.29. The summed E-state index contributed by atoms with van der Waals surface area (Å²) < 4.78 is 21.8. The molecule has 0 aromatic carbocycles. The van der Waals surface area contributed by atoms with Crippen LogP contribution in [0.5, 0.6) is 5.75 Å². The summed E-state index contributed by atoms with van der Waals surface area (Å²) in [6.07, 6.45) is 1.34. The van der Waals surface area contributed by atoms with Crippen molar-refractivity contribution in [2.24, 2.45) is 0 Å². The van der Waals surface area contributed by atoms with Crippen molar-refractivity contribution >= 4 is 23.4 Å². The minimum atomic E-state index is -0.890. The first-order chi connectivity index (χ1) is 13.4. The SMILES string of the molecule is CCOC(=O)c1c(OCC)c2c(C(=O)OC)c(C(=O)OC)c(C#N)cn2c1C. The number of esters is 3. The first kappa shape index (κ1) is 20.8. The zero-order valence-electron chi connectivity index (χ0n) is 16.2. The van der Waals surface area contributed by atoms with E-state index in [1.807, 2.05) is 6.07 Å². The number of nitriles is 1. The second kappa shape index (κ2) is 8.43. The number of pyridine rings is 1. The molecule has 0 spiro atoms. The lowest BCUT2D eigenvalue weighted by atomic mass is 10.0. The molecule has 0 aliphatic carbocycles. The topological polar surface area (TPSA) is 116 Å². The summed E-state index contributed by atoms with van der Waals surface area (Å²) in [5, 5.41) is 9.52. The molecule has 28 heavy (non-hydrogen) atoms. The van der Waals surface area contributed by atoms with Crippen molar-refractivity contribution in [2.45, 2.75) is 20.8 Å². The van der Waals surface area contributed by atoms with Gasteiger partial charge in [-0.1, -0.05) is 0 Å². The molecule has 0 saturated carbocycles. The Kier molecular flexibility index (Phi) is 6.26. The van der Waals surface area contributed by atoms with Gasteiger partial charge in [-0.2, -0.15) is 5.26 Å². The first-order valence-electron chi connectivity index (χ1n) is 8.45. The summed E-state index contributed by atoms with van der Waals surface area (Å²) in [5.41, 5.74) is -0.00611. The predicted octanol–water partition coefficient (Wildman–Crippen LogP) is 2.27. The minimum absolute atomic E-state index is 0.0634. The molecule has 2 aromatic heterocycles. The van der Waals surface area contributed by atoms with E-state index < -0.39 is 17.9 Å². The van der Waals surface area contributed by atoms with Gasteiger partial charge in [0.05, 0.1) is 38.6 Å². The molecule has 0 aliphatic heterocycles. The zero-order valence-corrected chi connectivity index (χ0v) is 16.2. The van der Waals surface area contributed by atoms with Crippen molar-refractivity contribution in [3.8, 4) is 11.8 Å². The van der Waals surface area contributed by atoms with E-state index in [9.17, 15) is 19.6 Å². The highest BCUT2D eigenvalue weighted by Crippen LogP contribution is 2.37. The van der Waals surface area contributed by atoms with Crippen LogP contribution in [0.1, 0.15) is 56.2 Å². The van der Waals surface area contributed by atoms with Crippen molar-refractivity contribution < 1.29 is 33.3 Å². The van der Waals surface area contributed by atoms with Gasteiger partial charge in [-0.05, 0) is 20.8 Å². The standard InChI is InChI=1S/C19H20N2O7/c1-6-27-16-12(19(24)28-7-2)10(3)21-9-11(8-20)13(17(22)25-4)14(15(16)21)18(23)26-5/h9H,6-7H2,1-5H3. The summed E-state index contributed by atoms with van der Waals surface area (Å²) in [4.78, 5) is 37.5. The molecule has 0 aliphatic rings. The van der Waals surface area contributed by atoms with Crippen LogP contribution in [-0.2, 0) is 14.2 Å². The van der Waals surface area contributed by atoms with Crippen molar-refractivity contribution in [2.75, 3.05) is 27.4 Å². The second-order valence-electron chi connectivity index (χ2n) is 5.55. The van der Waals surface area contributed by atoms with Gasteiger partial charge < -0.3 is 23.3 Å². The molecule has 2 aromatic rings. The smallest absolute Gasteiger partial charge is 0.343 e. The lowest BCUT2D eigenvalue weighted by Gasteiger charge is -2.13. The normalized spacial score (nSPS) is 10.3. The maximum atomic E-state index is 12.6. The number of aromatic nitrogens is 1. The lowest BCUT2D eigenvalue weighted by molar-refractivity contribution is 0.0520. The molecular formula is C19H20N2O7. The van der Waals surface area contributed by atoms with Gasteiger partial charge in [-0.15, -0.1) is 0 Å². The van der Waals surface area contributed by atoms with Gasteiger partial charge in [-0.3, -0.25) is 0 Å². The van der Waals surface area contributed by atoms with Crippen LogP contribution in [0.25, 0.3) is 5.52 Å². The fourth-order valence-corrected chi connectivity index (χ4v) is 2.95. The number of methoxy groups -OCH3 is 2. The van der Waals surface area contributed by atoms with Crippen LogP contribution in [0.15, 0.2) is 6.20 Å². The van der Waals surface area contributed by atoms with Crippen LogP contribution < -0.4 is 4.74 Å². The number of nitrogens with zero attached hydrogens (tertiary/aromatic N) is 2. The number of hydrogen-bond donors (Lipinski definition) is 0. The van der Waals surface area contributed by atoms with Gasteiger partial charge in [0.25, 0.3) is 0 Å². The van der Waals surface area contributed by atoms with Gasteiger partial charge in [0.15, 0.2) is 5.75 Å². The molecule has 0 atom stereocenters. The molecule has 0 saturated heterocycles. The van der Waals surface area contributed by atoms with Gasteiger partial charge in [0, 0.05) is 11.9 Å². The Balaban J connectivity index is 3.12. The number of carbonyl (C=O) groups excluding carboxylic acids is 3. The van der Waals surface area contributed by atoms with Gasteiger partial charge in [0.1, 0.15) is 22.7 Å². The summed E-state index contributed by atoms with van der Waals surface area (Å²) in [6, 6.07) is 1.88. The number of ether oxygens (including phenoxy) is 4. The third kappa shape index (κ3) is 3.24. The van der Waals surface area contributed by atoms with Crippen LogP contribution >= 0.6 is 0 Å². The number of hydrogen-bond acceptors (Lipinski definition) is 8. The van der Waals surface area contributed by atoms with E-state index in [0.717, 1.165) is 14.2 Å². The van der Waals surface area contributed by atoms with E-state index in [1.165, 1.54) is 10.6 Å². The van der Waals surface area contributed by atoms with E-state index in [4.69, 9.17) is 18.9 Å². The molecule has 0 unspecified atom stereocenters. The first-order valence-corrected chi connectivity index (χ1v) is 8.45. The zero-order chi connectivity index (χ0) is 21.0. The van der Waals surface area contributed by atoms with E-state index in [-0.39, 0.29) is 46.7 Å². The van der Waals surface area contributed by atoms with Gasteiger partial charge in [0.2, 0.25) is 0 Å². The van der Waals surface area contributed by atoms with Crippen molar-refractivity contribution in [1.82, 2.24) is 4.40 Å². The Labute approximate surface area is 161 Å². The third-order valence-corrected chi connectivity index (χ3v) is 4.09. The number of rotatable bonds is 6. The molecule has 0 amide bonds. The predicted molar refractivity (Wildman–Crippen MR) is 96.7 cm³/mol. The van der Waals surface area contributed by atoms with Crippen molar-refractivity contribution in [3.05, 3.63) is 34.1 Å². The number of aryl methyl sites for hydroxylation is 1. The molecule has 0 bridgehead atoms. The highest BCUT2D eigenvalue weighted by molar-refractivity contribution is 6.12. The Morgan fingerprint density at radius 1 is 1.00 bits per heavy atom. The summed E-state index contributed by atoms with van der Waals surface area (Å²) in [7, 11) is 2.27. The molecule has 9 nitrogen and oxygen atoms in total. The number of carbonyl (C=O) groups is 3. The molecule has 9 heteroatoms. The fourth-order valence-electron chi connectivity index (χ4n) is 2.95. The Morgan fingerprint density at radius 2 is 1.61 bits per heavy atom. The molecule has 2 heterocycles. The maximum Gasteiger partial charge on any atom is 0.343 e. The molecule has 0 fully saturated rings. The van der Waals surface area contributed by atoms with Gasteiger partial charge in [-0.25, -0.2) is 14.4 Å². The quantitative estimate of drug-likeness (QED) is 0.546. The molecule has 2 rings (SSSR count). The van der Waals surface area contributed by atoms with Crippen LogP contribution in [0, 0.1) is 18.3 Å². The Morgan fingerprint density at radius 3 is 2.11 bits per heavy atom. The highest BCUT2D eigenvalue weighted by Gasteiger charge is 2.33. The van der Waals surface area contributed by atoms with E-state index in [2.05, 4.69) is 0 Å². The van der Waals surface area contributed by atoms with Crippen LogP contribution in [-0.4, -0.2) is 49.7 Å². The average molecular weight is 388 g/mol. The molecule has 148 valence electrons. The Bertz CT molecular complexity index is 998. The van der Waals surface area contributed by atoms with E-state index in [1.54, 1.807) is 20.8 Å². The summed E-state index contributed by atoms with van der Waals surface area (Å²) >= 11 is 0. The van der Waals surface area contributed by atoms with E-state index in [0.29, 0.717) is 5.69 Å². The van der Waals surface area contributed by atoms with Crippen molar-refractivity contribution in [3.63, 3.8) is 0 Å².